The van der Waals surface area contributed by atoms with Gasteiger partial charge in [-0.1, -0.05) is 119 Å². The molecule has 2 aliphatic rings. The molecule has 3 aromatic carbocycles. The number of benzene rings is 3. The maximum absolute atomic E-state index is 15.6. The van der Waals surface area contributed by atoms with Crippen LogP contribution in [0.1, 0.15) is 102 Å². The normalized spacial score (nSPS) is 18.6. The topological polar surface area (TPSA) is 143 Å². The van der Waals surface area contributed by atoms with E-state index in [0.717, 1.165) is 21.1 Å². The van der Waals surface area contributed by atoms with Crippen LogP contribution in [0.15, 0.2) is 170 Å². The number of carbonyl (C=O) groups excluding carboxylic acids is 6. The lowest BCUT2D eigenvalue weighted by Gasteiger charge is -2.44. The fourth-order valence-electron chi connectivity index (χ4n) is 8.91. The molecule has 0 aromatic heterocycles. The van der Waals surface area contributed by atoms with Crippen molar-refractivity contribution in [3.63, 3.8) is 0 Å². The second-order valence-corrected chi connectivity index (χ2v) is 21.1. The molecule has 354 valence electrons. The number of halogens is 3. The zero-order valence-electron chi connectivity index (χ0n) is 38.9. The third-order valence-electron chi connectivity index (χ3n) is 12.8. The molecular formula is C57H57Br3O8. The van der Waals surface area contributed by atoms with Crippen molar-refractivity contribution in [2.45, 2.75) is 85.0 Å². The molecule has 5 rings (SSSR count). The highest BCUT2D eigenvalue weighted by Crippen LogP contribution is 2.55. The van der Waals surface area contributed by atoms with E-state index in [0.29, 0.717) is 37.9 Å². The van der Waals surface area contributed by atoms with Crippen molar-refractivity contribution in [3.8, 4) is 0 Å². The Bertz CT molecular complexity index is 2490. The molecule has 0 radical (unpaired) electrons. The molecule has 11 heteroatoms. The zero-order chi connectivity index (χ0) is 50.2. The van der Waals surface area contributed by atoms with Crippen LogP contribution < -0.4 is 0 Å². The van der Waals surface area contributed by atoms with Gasteiger partial charge in [-0.05, 0) is 144 Å². The first kappa shape index (κ1) is 53.6. The second-order valence-electron chi connectivity index (χ2n) is 18.4. The van der Waals surface area contributed by atoms with Crippen LogP contribution in [-0.2, 0) is 28.8 Å². The molecule has 0 spiro atoms. The predicted molar refractivity (Wildman–Crippen MR) is 281 cm³/mol. The number of carbonyl (C=O) groups is 6. The van der Waals surface area contributed by atoms with E-state index in [2.05, 4.69) is 74.1 Å². The Kier molecular flexibility index (Phi) is 18.0. The Hall–Kier alpha value is -5.36. The van der Waals surface area contributed by atoms with Gasteiger partial charge < -0.3 is 10.2 Å². The molecule has 0 amide bonds. The predicted octanol–water partition coefficient (Wildman–Crippen LogP) is 14.2. The minimum atomic E-state index is -1.99. The van der Waals surface area contributed by atoms with Crippen LogP contribution in [0, 0.1) is 22.7 Å². The summed E-state index contributed by atoms with van der Waals surface area (Å²) in [5, 5.41) is 26.1. The number of hydrogen-bond acceptors (Lipinski definition) is 8. The van der Waals surface area contributed by atoms with Gasteiger partial charge in [0, 0.05) is 30.5 Å². The first-order chi connectivity index (χ1) is 32.0. The van der Waals surface area contributed by atoms with Crippen LogP contribution in [0.4, 0.5) is 0 Å². The molecule has 2 unspecified atom stereocenters. The maximum atomic E-state index is 15.6. The number of Topliss-reactive ketones (excluding diaryl/α,β-unsaturated/α-hetero) is 4. The molecule has 2 atom stereocenters. The van der Waals surface area contributed by atoms with Crippen LogP contribution in [0.5, 0.6) is 0 Å². The maximum Gasteiger partial charge on any atom is 0.181 e. The Balaban J connectivity index is 1.92. The summed E-state index contributed by atoms with van der Waals surface area (Å²) in [5.74, 6) is -12.5. The van der Waals surface area contributed by atoms with E-state index in [1.165, 1.54) is 12.2 Å². The summed E-state index contributed by atoms with van der Waals surface area (Å²) in [6.45, 7) is 23.3. The van der Waals surface area contributed by atoms with Crippen LogP contribution in [0.25, 0.3) is 12.2 Å². The first-order valence-corrected chi connectivity index (χ1v) is 24.7. The monoisotopic (exact) mass is 1110 g/mol. The highest BCUT2D eigenvalue weighted by molar-refractivity contribution is 9.11. The molecule has 0 heterocycles. The van der Waals surface area contributed by atoms with E-state index < -0.39 is 85.9 Å². The summed E-state index contributed by atoms with van der Waals surface area (Å²) in [6.07, 6.45) is 5.87. The van der Waals surface area contributed by atoms with Gasteiger partial charge in [0.25, 0.3) is 0 Å². The molecular weight excluding hydrogens is 1050 g/mol. The molecule has 3 aromatic rings. The Labute approximate surface area is 424 Å². The van der Waals surface area contributed by atoms with E-state index in [1.807, 2.05) is 0 Å². The van der Waals surface area contributed by atoms with Crippen molar-refractivity contribution in [2.24, 2.45) is 22.7 Å². The molecule has 2 N–H and O–H groups in total. The lowest BCUT2D eigenvalue weighted by atomic mass is 9.57. The molecule has 0 fully saturated rings. The largest absolute Gasteiger partial charge is 0.511 e. The highest BCUT2D eigenvalue weighted by Gasteiger charge is 2.60. The standard InChI is InChI=1S/C57H57Br3O8/c1-33(2)25-29-56(30-26-34(3)4)52(65)46(43(61)23-13-37-9-17-40(58)18-10-37)50(63)48(54(56)67)45(39-15-21-42(60)22-16-39)49-51(64)47(44(62)24-14-38-11-19-41(59)20-12-38)53(66)57(55(49)68,31-27-35(5)6)32-28-36(7)8/h9-24,45-47,67-68H,1,3,5,7,25-32H2,2,4,6,8H3. The third-order valence-corrected chi connectivity index (χ3v) is 14.4. The van der Waals surface area contributed by atoms with Crippen LogP contribution in [0.2, 0.25) is 0 Å². The van der Waals surface area contributed by atoms with Gasteiger partial charge >= 0.3 is 0 Å². The Morgan fingerprint density at radius 1 is 0.529 bits per heavy atom. The van der Waals surface area contributed by atoms with Crippen molar-refractivity contribution in [3.05, 3.63) is 186 Å². The van der Waals surface area contributed by atoms with Gasteiger partial charge in [0.2, 0.25) is 0 Å². The highest BCUT2D eigenvalue weighted by atomic mass is 79.9. The van der Waals surface area contributed by atoms with Gasteiger partial charge in [-0.15, -0.1) is 26.3 Å². The van der Waals surface area contributed by atoms with Gasteiger partial charge in [0.1, 0.15) is 23.4 Å². The van der Waals surface area contributed by atoms with Crippen molar-refractivity contribution in [1.82, 2.24) is 0 Å². The van der Waals surface area contributed by atoms with E-state index in [9.17, 15) is 19.8 Å². The zero-order valence-corrected chi connectivity index (χ0v) is 43.7. The number of allylic oxidation sites excluding steroid dienone is 10. The number of rotatable bonds is 21. The SMILES string of the molecule is C=C(C)CCC1(CCC(=C)C)C(=O)C(C(=O)C=Cc2ccc(Br)cc2)C(=O)C(C(C2=C(O)C(CCC(=C)C)(CCC(=C)C)C(=O)C(C(=O)C=Cc3ccc(Br)cc3)C2=O)c2ccc(Br)cc2)=C1O. The van der Waals surface area contributed by atoms with Gasteiger partial charge in [-0.25, -0.2) is 0 Å². The fourth-order valence-corrected chi connectivity index (χ4v) is 9.71. The molecule has 8 nitrogen and oxygen atoms in total. The molecule has 0 saturated heterocycles. The number of aliphatic hydroxyl groups excluding tert-OH is 2. The molecule has 2 aliphatic carbocycles. The van der Waals surface area contributed by atoms with Crippen LogP contribution >= 0.6 is 47.8 Å². The smallest absolute Gasteiger partial charge is 0.181 e. The summed E-state index contributed by atoms with van der Waals surface area (Å²) in [6, 6.07) is 20.5. The van der Waals surface area contributed by atoms with Crippen molar-refractivity contribution in [2.75, 3.05) is 0 Å². The number of aliphatic hydroxyl groups is 2. The van der Waals surface area contributed by atoms with Gasteiger partial charge in [0.05, 0.1) is 10.8 Å². The summed E-state index contributed by atoms with van der Waals surface area (Å²) in [7, 11) is 0. The van der Waals surface area contributed by atoms with Gasteiger partial charge in [-0.2, -0.15) is 0 Å². The Morgan fingerprint density at radius 2 is 0.809 bits per heavy atom. The average molecular weight is 1110 g/mol. The van der Waals surface area contributed by atoms with Gasteiger partial charge in [-0.3, -0.25) is 28.8 Å². The Morgan fingerprint density at radius 3 is 1.09 bits per heavy atom. The fraction of sp³-hybridized carbons (Fsp3) is 0.298. The van der Waals surface area contributed by atoms with Crippen LogP contribution in [-0.4, -0.2) is 44.9 Å². The third kappa shape index (κ3) is 11.9. The molecule has 0 bridgehead atoms. The van der Waals surface area contributed by atoms with Crippen molar-refractivity contribution >= 4 is 94.6 Å². The van der Waals surface area contributed by atoms with Crippen LogP contribution in [0.3, 0.4) is 0 Å². The minimum absolute atomic E-state index is 0.0646. The minimum Gasteiger partial charge on any atom is -0.511 e. The van der Waals surface area contributed by atoms with Gasteiger partial charge in [0.15, 0.2) is 34.7 Å². The number of ketones is 6. The number of hydrogen-bond donors (Lipinski definition) is 2. The molecule has 0 aliphatic heterocycles. The summed E-state index contributed by atoms with van der Waals surface area (Å²) < 4.78 is 2.21. The molecule has 0 saturated carbocycles. The van der Waals surface area contributed by atoms with E-state index in [1.54, 1.807) is 100 Å². The quantitative estimate of drug-likeness (QED) is 0.0610. The summed E-state index contributed by atoms with van der Waals surface area (Å²) in [5.41, 5.74) is -0.624. The lowest BCUT2D eigenvalue weighted by Crippen LogP contribution is -2.52. The summed E-state index contributed by atoms with van der Waals surface area (Å²) in [4.78, 5) is 90.9. The average Bonchev–Trinajstić information content (AvgIpc) is 3.28. The van der Waals surface area contributed by atoms with E-state index in [4.69, 9.17) is 0 Å². The second kappa shape index (κ2) is 22.8. The summed E-state index contributed by atoms with van der Waals surface area (Å²) >= 11 is 10.3. The van der Waals surface area contributed by atoms with E-state index in [-0.39, 0.29) is 56.9 Å². The first-order valence-electron chi connectivity index (χ1n) is 22.4. The van der Waals surface area contributed by atoms with E-state index >= 15 is 19.2 Å². The van der Waals surface area contributed by atoms with Crippen molar-refractivity contribution < 1.29 is 39.0 Å². The lowest BCUT2D eigenvalue weighted by molar-refractivity contribution is -0.146. The van der Waals surface area contributed by atoms with Crippen molar-refractivity contribution in [1.29, 1.82) is 0 Å². The molecule has 68 heavy (non-hydrogen) atoms.